The minimum Gasteiger partial charge on any atom is -0.313 e. The van der Waals surface area contributed by atoms with Crippen molar-refractivity contribution in [3.63, 3.8) is 0 Å². The van der Waals surface area contributed by atoms with Crippen LogP contribution in [-0.2, 0) is 0 Å². The Bertz CT molecular complexity index is 1360. The molecule has 5 aromatic carbocycles. The average Bonchev–Trinajstić information content (AvgIpc) is 3.81. The van der Waals surface area contributed by atoms with Crippen LogP contribution in [0.15, 0.2) is 146 Å². The molecular formula is C38H40N2Si2. The monoisotopic (exact) mass is 580 g/mol. The Morgan fingerprint density at radius 1 is 0.286 bits per heavy atom. The zero-order chi connectivity index (χ0) is 28.2. The standard InChI is InChI=1S/C38H40N2Si2/c1-5-17-33(18-6-1)41(39-29-13-14-30-39,34-19-7-2-8-20-34)37-25-27-38(28-26-37)42(40-31-15-16-32-40,35-21-9-3-10-22-35)36-23-11-4-12-24-36/h1-12,17-28H,13-16,29-32H2. The van der Waals surface area contributed by atoms with E-state index in [1.54, 1.807) is 0 Å². The number of benzene rings is 5. The highest BCUT2D eigenvalue weighted by atomic mass is 28.3. The van der Waals surface area contributed by atoms with Crippen LogP contribution in [0.2, 0.25) is 0 Å². The van der Waals surface area contributed by atoms with Crippen LogP contribution in [0.4, 0.5) is 0 Å². The van der Waals surface area contributed by atoms with Crippen LogP contribution in [0.5, 0.6) is 0 Å². The summed E-state index contributed by atoms with van der Waals surface area (Å²) in [7, 11) is -4.86. The molecular weight excluding hydrogens is 541 g/mol. The van der Waals surface area contributed by atoms with Crippen molar-refractivity contribution in [2.45, 2.75) is 25.7 Å². The lowest BCUT2D eigenvalue weighted by Crippen LogP contribution is -2.78. The Hall–Kier alpha value is -3.55. The number of rotatable bonds is 8. The molecule has 0 bridgehead atoms. The molecule has 2 aliphatic rings. The van der Waals surface area contributed by atoms with Gasteiger partial charge in [-0.05, 0) is 83.0 Å². The van der Waals surface area contributed by atoms with Crippen LogP contribution < -0.4 is 31.1 Å². The van der Waals surface area contributed by atoms with Crippen LogP contribution in [0.3, 0.4) is 0 Å². The first-order valence-corrected chi connectivity index (χ1v) is 19.6. The highest BCUT2D eigenvalue weighted by Crippen LogP contribution is 2.22. The Morgan fingerprint density at radius 3 is 0.738 bits per heavy atom. The zero-order valence-corrected chi connectivity index (χ0v) is 26.4. The molecule has 0 atom stereocenters. The van der Waals surface area contributed by atoms with Crippen molar-refractivity contribution in [1.82, 2.24) is 9.13 Å². The molecule has 0 N–H and O–H groups in total. The largest absolute Gasteiger partial charge is 0.313 e. The van der Waals surface area contributed by atoms with Gasteiger partial charge in [0.15, 0.2) is 0 Å². The smallest absolute Gasteiger partial charge is 0.224 e. The van der Waals surface area contributed by atoms with Gasteiger partial charge in [0.1, 0.15) is 0 Å². The van der Waals surface area contributed by atoms with E-state index in [-0.39, 0.29) is 0 Å². The average molecular weight is 581 g/mol. The van der Waals surface area contributed by atoms with E-state index in [0.29, 0.717) is 0 Å². The van der Waals surface area contributed by atoms with Crippen molar-refractivity contribution in [3.05, 3.63) is 146 Å². The van der Waals surface area contributed by atoms with Crippen LogP contribution in [0, 0.1) is 0 Å². The first kappa shape index (κ1) is 27.3. The third-order valence-electron chi connectivity index (χ3n) is 9.65. The molecule has 4 heteroatoms. The predicted octanol–water partition coefficient (Wildman–Crippen LogP) is 3.81. The molecule has 2 heterocycles. The number of nitrogens with zero attached hydrogens (tertiary/aromatic N) is 2. The van der Waals surface area contributed by atoms with Crippen molar-refractivity contribution in [2.75, 3.05) is 26.2 Å². The second-order valence-corrected chi connectivity index (χ2v) is 19.4. The van der Waals surface area contributed by atoms with E-state index < -0.39 is 16.5 Å². The molecule has 0 aromatic heterocycles. The number of hydrogen-bond donors (Lipinski definition) is 0. The fraction of sp³-hybridized carbons (Fsp3) is 0.211. The minimum atomic E-state index is -2.43. The van der Waals surface area contributed by atoms with Crippen LogP contribution in [-0.4, -0.2) is 51.8 Å². The third kappa shape index (κ3) is 4.54. The first-order valence-electron chi connectivity index (χ1n) is 15.7. The van der Waals surface area contributed by atoms with Crippen LogP contribution >= 0.6 is 0 Å². The summed E-state index contributed by atoms with van der Waals surface area (Å²) in [4.78, 5) is 0. The molecule has 0 aliphatic carbocycles. The van der Waals surface area contributed by atoms with Crippen molar-refractivity contribution in [3.8, 4) is 0 Å². The van der Waals surface area contributed by atoms with Crippen molar-refractivity contribution >= 4 is 47.6 Å². The molecule has 2 fully saturated rings. The van der Waals surface area contributed by atoms with Crippen molar-refractivity contribution in [1.29, 1.82) is 0 Å². The van der Waals surface area contributed by atoms with Gasteiger partial charge < -0.3 is 9.13 Å². The zero-order valence-electron chi connectivity index (χ0n) is 24.4. The summed E-state index contributed by atoms with van der Waals surface area (Å²) in [6.45, 7) is 4.66. The van der Waals surface area contributed by atoms with E-state index >= 15 is 0 Å². The lowest BCUT2D eigenvalue weighted by molar-refractivity contribution is 0.537. The Kier molecular flexibility index (Phi) is 7.79. The second-order valence-electron chi connectivity index (χ2n) is 11.9. The van der Waals surface area contributed by atoms with Crippen molar-refractivity contribution < 1.29 is 0 Å². The Balaban J connectivity index is 1.46. The fourth-order valence-corrected chi connectivity index (χ4v) is 18.0. The SMILES string of the molecule is c1ccc([Si](c2ccccc2)(c2ccc([Si](c3ccccc3)(c3ccccc3)N3CCCC3)cc2)N2CCCC2)cc1. The Morgan fingerprint density at radius 2 is 0.500 bits per heavy atom. The summed E-state index contributed by atoms with van der Waals surface area (Å²) >= 11 is 0. The normalized spacial score (nSPS) is 16.6. The molecule has 2 aliphatic heterocycles. The molecule has 210 valence electrons. The van der Waals surface area contributed by atoms with Gasteiger partial charge in [-0.15, -0.1) is 0 Å². The van der Waals surface area contributed by atoms with E-state index in [4.69, 9.17) is 0 Å². The Labute approximate surface area is 253 Å². The van der Waals surface area contributed by atoms with Gasteiger partial charge >= 0.3 is 0 Å². The second kappa shape index (κ2) is 12.0. The molecule has 7 rings (SSSR count). The molecule has 5 aromatic rings. The molecule has 42 heavy (non-hydrogen) atoms. The van der Waals surface area contributed by atoms with Gasteiger partial charge in [-0.2, -0.15) is 0 Å². The molecule has 0 saturated carbocycles. The molecule has 0 spiro atoms. The summed E-state index contributed by atoms with van der Waals surface area (Å²) in [5.74, 6) is 0. The minimum absolute atomic E-state index is 1.16. The van der Waals surface area contributed by atoms with Gasteiger partial charge in [0.2, 0.25) is 16.5 Å². The van der Waals surface area contributed by atoms with Gasteiger partial charge in [0.05, 0.1) is 0 Å². The number of hydrogen-bond acceptors (Lipinski definition) is 2. The summed E-state index contributed by atoms with van der Waals surface area (Å²) in [6, 6.07) is 55.8. The van der Waals surface area contributed by atoms with Crippen LogP contribution in [0.25, 0.3) is 0 Å². The molecule has 2 nitrogen and oxygen atoms in total. The quantitative estimate of drug-likeness (QED) is 0.204. The molecule has 0 radical (unpaired) electrons. The van der Waals surface area contributed by atoms with E-state index in [1.165, 1.54) is 56.8 Å². The van der Waals surface area contributed by atoms with E-state index in [2.05, 4.69) is 155 Å². The maximum Gasteiger partial charge on any atom is 0.224 e. The molecule has 0 unspecified atom stereocenters. The topological polar surface area (TPSA) is 6.48 Å². The maximum atomic E-state index is 2.87. The molecule has 0 amide bonds. The van der Waals surface area contributed by atoms with Gasteiger partial charge in [0, 0.05) is 0 Å². The molecule has 2 saturated heterocycles. The van der Waals surface area contributed by atoms with Gasteiger partial charge in [-0.25, -0.2) is 0 Å². The van der Waals surface area contributed by atoms with Crippen LogP contribution in [0.1, 0.15) is 25.7 Å². The summed E-state index contributed by atoms with van der Waals surface area (Å²) in [5, 5.41) is 8.94. The van der Waals surface area contributed by atoms with E-state index in [9.17, 15) is 0 Å². The van der Waals surface area contributed by atoms with Gasteiger partial charge in [-0.3, -0.25) is 0 Å². The van der Waals surface area contributed by atoms with E-state index in [1.807, 2.05) is 0 Å². The fourth-order valence-electron chi connectivity index (χ4n) is 7.87. The lowest BCUT2D eigenvalue weighted by Gasteiger charge is -2.43. The highest BCUT2D eigenvalue weighted by molar-refractivity contribution is 7.11. The van der Waals surface area contributed by atoms with Gasteiger partial charge in [-0.1, -0.05) is 146 Å². The lowest BCUT2D eigenvalue weighted by atomic mass is 10.3. The van der Waals surface area contributed by atoms with E-state index in [0.717, 1.165) is 26.2 Å². The maximum absolute atomic E-state index is 2.87. The first-order chi connectivity index (χ1) is 20.8. The summed E-state index contributed by atoms with van der Waals surface area (Å²) < 4.78 is 5.73. The van der Waals surface area contributed by atoms with Gasteiger partial charge in [0.25, 0.3) is 0 Å². The van der Waals surface area contributed by atoms with Crippen molar-refractivity contribution in [2.24, 2.45) is 0 Å². The third-order valence-corrected chi connectivity index (χ3v) is 19.5. The highest BCUT2D eigenvalue weighted by Gasteiger charge is 2.49. The summed E-state index contributed by atoms with van der Waals surface area (Å²) in [5.41, 5.74) is 0. The predicted molar refractivity (Wildman–Crippen MR) is 183 cm³/mol. The summed E-state index contributed by atoms with van der Waals surface area (Å²) in [6.07, 6.45) is 5.11.